The summed E-state index contributed by atoms with van der Waals surface area (Å²) in [7, 11) is 1.61. The molecule has 0 aliphatic carbocycles. The molecule has 0 fully saturated rings. The number of ether oxygens (including phenoxy) is 1. The molecule has 0 aliphatic heterocycles. The lowest BCUT2D eigenvalue weighted by atomic mass is 10.1. The van der Waals surface area contributed by atoms with Crippen LogP contribution in [0.4, 0.5) is 19.0 Å². The molecule has 3 rings (SSSR count). The molecule has 0 aliphatic rings. The molecule has 136 valence electrons. The predicted molar refractivity (Wildman–Crippen MR) is 88.3 cm³/mol. The molecule has 0 saturated heterocycles. The normalized spacial score (nSPS) is 11.5. The van der Waals surface area contributed by atoms with Gasteiger partial charge in [-0.2, -0.15) is 18.2 Å². The van der Waals surface area contributed by atoms with E-state index in [1.807, 2.05) is 0 Å². The Morgan fingerprint density at radius 2 is 2.00 bits per heavy atom. The van der Waals surface area contributed by atoms with Gasteiger partial charge in [0.1, 0.15) is 5.82 Å². The van der Waals surface area contributed by atoms with Crippen LogP contribution < -0.4 is 5.32 Å². The lowest BCUT2D eigenvalue weighted by Crippen LogP contribution is -2.08. The molecule has 26 heavy (non-hydrogen) atoms. The first-order valence-corrected chi connectivity index (χ1v) is 7.68. The van der Waals surface area contributed by atoms with Crippen molar-refractivity contribution in [2.75, 3.05) is 25.6 Å². The minimum absolute atomic E-state index is 0.0772. The number of alkyl halides is 3. The summed E-state index contributed by atoms with van der Waals surface area (Å²) in [5, 5.41) is 6.82. The standard InChI is InChI=1S/C17H15F3N4O2/c1-25-8-7-21-14-6-5-12(10-22-14)16-23-15(24-26-16)11-3-2-4-13(9-11)17(18,19)20/h2-6,9-10H,7-8H2,1H3,(H,21,22). The number of nitrogens with zero attached hydrogens (tertiary/aromatic N) is 3. The van der Waals surface area contributed by atoms with Gasteiger partial charge in [-0.25, -0.2) is 4.98 Å². The molecule has 6 nitrogen and oxygen atoms in total. The number of anilines is 1. The second-order valence-corrected chi connectivity index (χ2v) is 5.35. The molecule has 0 radical (unpaired) electrons. The van der Waals surface area contributed by atoms with Crippen LogP contribution >= 0.6 is 0 Å². The Kier molecular flexibility index (Phi) is 5.17. The van der Waals surface area contributed by atoms with E-state index in [0.29, 0.717) is 24.5 Å². The number of nitrogens with one attached hydrogen (secondary N) is 1. The van der Waals surface area contributed by atoms with Gasteiger partial charge in [0.25, 0.3) is 5.89 Å². The van der Waals surface area contributed by atoms with Crippen molar-refractivity contribution in [3.05, 3.63) is 48.2 Å². The first-order valence-electron chi connectivity index (χ1n) is 7.68. The van der Waals surface area contributed by atoms with Crippen molar-refractivity contribution in [2.45, 2.75) is 6.18 Å². The largest absolute Gasteiger partial charge is 0.416 e. The van der Waals surface area contributed by atoms with Gasteiger partial charge in [0.15, 0.2) is 0 Å². The van der Waals surface area contributed by atoms with Gasteiger partial charge >= 0.3 is 6.18 Å². The fourth-order valence-electron chi connectivity index (χ4n) is 2.20. The fourth-order valence-corrected chi connectivity index (χ4v) is 2.20. The topological polar surface area (TPSA) is 73.1 Å². The Balaban J connectivity index is 1.78. The predicted octanol–water partition coefficient (Wildman–Crippen LogP) is 3.88. The summed E-state index contributed by atoms with van der Waals surface area (Å²) in [4.78, 5) is 8.37. The van der Waals surface area contributed by atoms with Crippen LogP contribution in [0, 0.1) is 0 Å². The molecule has 2 aromatic heterocycles. The highest BCUT2D eigenvalue weighted by molar-refractivity contribution is 5.60. The number of hydrogen-bond donors (Lipinski definition) is 1. The Labute approximate surface area is 147 Å². The lowest BCUT2D eigenvalue weighted by Gasteiger charge is -2.06. The molecule has 0 bridgehead atoms. The lowest BCUT2D eigenvalue weighted by molar-refractivity contribution is -0.137. The van der Waals surface area contributed by atoms with Gasteiger partial charge in [-0.3, -0.25) is 0 Å². The quantitative estimate of drug-likeness (QED) is 0.670. The number of benzene rings is 1. The Hall–Kier alpha value is -2.94. The van der Waals surface area contributed by atoms with Crippen LogP contribution in [0.25, 0.3) is 22.8 Å². The van der Waals surface area contributed by atoms with Crippen molar-refractivity contribution in [2.24, 2.45) is 0 Å². The van der Waals surface area contributed by atoms with E-state index < -0.39 is 11.7 Å². The molecule has 3 aromatic rings. The maximum absolute atomic E-state index is 12.8. The number of pyridine rings is 1. The van der Waals surface area contributed by atoms with E-state index in [1.165, 1.54) is 12.1 Å². The first kappa shape index (κ1) is 17.9. The minimum Gasteiger partial charge on any atom is -0.383 e. The van der Waals surface area contributed by atoms with Crippen LogP contribution in [-0.4, -0.2) is 35.4 Å². The van der Waals surface area contributed by atoms with Crippen LogP contribution in [0.2, 0.25) is 0 Å². The second kappa shape index (κ2) is 7.52. The van der Waals surface area contributed by atoms with E-state index in [9.17, 15) is 13.2 Å². The van der Waals surface area contributed by atoms with Gasteiger partial charge in [-0.1, -0.05) is 17.3 Å². The first-order chi connectivity index (χ1) is 12.5. The van der Waals surface area contributed by atoms with E-state index >= 15 is 0 Å². The van der Waals surface area contributed by atoms with Crippen molar-refractivity contribution in [3.63, 3.8) is 0 Å². The maximum Gasteiger partial charge on any atom is 0.416 e. The molecule has 1 N–H and O–H groups in total. The fraction of sp³-hybridized carbons (Fsp3) is 0.235. The summed E-state index contributed by atoms with van der Waals surface area (Å²) in [5.74, 6) is 0.908. The van der Waals surface area contributed by atoms with Gasteiger partial charge in [0.05, 0.1) is 17.7 Å². The molecule has 0 atom stereocenters. The zero-order valence-corrected chi connectivity index (χ0v) is 13.7. The molecule has 0 saturated carbocycles. The highest BCUT2D eigenvalue weighted by Gasteiger charge is 2.30. The van der Waals surface area contributed by atoms with Crippen LogP contribution in [0.3, 0.4) is 0 Å². The van der Waals surface area contributed by atoms with Gasteiger partial charge in [-0.15, -0.1) is 0 Å². The third-order valence-corrected chi connectivity index (χ3v) is 3.50. The number of halogens is 3. The molecule has 1 aromatic carbocycles. The molecule has 0 unspecified atom stereocenters. The third kappa shape index (κ3) is 4.17. The van der Waals surface area contributed by atoms with Crippen molar-refractivity contribution in [1.82, 2.24) is 15.1 Å². The van der Waals surface area contributed by atoms with Gasteiger partial charge < -0.3 is 14.6 Å². The van der Waals surface area contributed by atoms with Gasteiger partial charge in [0.2, 0.25) is 5.82 Å². The van der Waals surface area contributed by atoms with Crippen molar-refractivity contribution in [1.29, 1.82) is 0 Å². The summed E-state index contributed by atoms with van der Waals surface area (Å²) in [6.45, 7) is 1.16. The summed E-state index contributed by atoms with van der Waals surface area (Å²) < 4.78 is 48.5. The van der Waals surface area contributed by atoms with Crippen molar-refractivity contribution in [3.8, 4) is 22.8 Å². The number of rotatable bonds is 6. The summed E-state index contributed by atoms with van der Waals surface area (Å²) in [5.41, 5.74) is 0.0168. The van der Waals surface area contributed by atoms with E-state index in [2.05, 4.69) is 20.4 Å². The van der Waals surface area contributed by atoms with Crippen LogP contribution in [0.1, 0.15) is 5.56 Å². The van der Waals surface area contributed by atoms with Gasteiger partial charge in [-0.05, 0) is 24.3 Å². The minimum atomic E-state index is -4.43. The Morgan fingerprint density at radius 1 is 1.15 bits per heavy atom. The molecule has 0 spiro atoms. The summed E-state index contributed by atoms with van der Waals surface area (Å²) >= 11 is 0. The molecule has 9 heteroatoms. The Bertz CT molecular complexity index is 863. The van der Waals surface area contributed by atoms with Crippen LogP contribution in [0.5, 0.6) is 0 Å². The average Bonchev–Trinajstić information content (AvgIpc) is 3.12. The van der Waals surface area contributed by atoms with E-state index in [-0.39, 0.29) is 17.3 Å². The second-order valence-electron chi connectivity index (χ2n) is 5.35. The summed E-state index contributed by atoms with van der Waals surface area (Å²) in [6.07, 6.45) is -2.89. The SMILES string of the molecule is COCCNc1ccc(-c2nc(-c3cccc(C(F)(F)F)c3)no2)cn1. The number of hydrogen-bond acceptors (Lipinski definition) is 6. The molecular weight excluding hydrogens is 349 g/mol. The summed E-state index contributed by atoms with van der Waals surface area (Å²) in [6, 6.07) is 8.23. The highest BCUT2D eigenvalue weighted by atomic mass is 19.4. The van der Waals surface area contributed by atoms with E-state index in [0.717, 1.165) is 12.1 Å². The third-order valence-electron chi connectivity index (χ3n) is 3.50. The highest BCUT2D eigenvalue weighted by Crippen LogP contribution is 2.32. The monoisotopic (exact) mass is 364 g/mol. The van der Waals surface area contributed by atoms with Crippen molar-refractivity contribution < 1.29 is 22.4 Å². The maximum atomic E-state index is 12.8. The van der Waals surface area contributed by atoms with E-state index in [1.54, 1.807) is 25.4 Å². The van der Waals surface area contributed by atoms with Gasteiger partial charge in [0, 0.05) is 25.4 Å². The number of methoxy groups -OCH3 is 1. The van der Waals surface area contributed by atoms with Crippen molar-refractivity contribution >= 4 is 5.82 Å². The average molecular weight is 364 g/mol. The van der Waals surface area contributed by atoms with E-state index in [4.69, 9.17) is 9.26 Å². The van der Waals surface area contributed by atoms with Crippen LogP contribution in [-0.2, 0) is 10.9 Å². The molecule has 0 amide bonds. The van der Waals surface area contributed by atoms with Crippen LogP contribution in [0.15, 0.2) is 47.1 Å². The number of aromatic nitrogens is 3. The zero-order valence-electron chi connectivity index (χ0n) is 13.7. The zero-order chi connectivity index (χ0) is 18.6. The smallest absolute Gasteiger partial charge is 0.383 e. The molecular formula is C17H15F3N4O2. The molecule has 2 heterocycles. The Morgan fingerprint density at radius 3 is 2.69 bits per heavy atom.